The fraction of sp³-hybridized carbons (Fsp3) is 0. The standard InChI is InChI=1S/C10H7FN2S/c11-9-5-8(6-13-10(9)14)7-1-3-12-4-2-7/h1-6H,(H,13,14). The molecule has 0 saturated heterocycles. The molecule has 0 fully saturated rings. The largest absolute Gasteiger partial charge is 0.350 e. The maximum atomic E-state index is 13.1. The zero-order valence-electron chi connectivity index (χ0n) is 7.20. The Balaban J connectivity index is 2.54. The van der Waals surface area contributed by atoms with Gasteiger partial charge in [-0.15, -0.1) is 0 Å². The molecule has 1 N–H and O–H groups in total. The van der Waals surface area contributed by atoms with E-state index < -0.39 is 5.82 Å². The molecule has 2 heterocycles. The van der Waals surface area contributed by atoms with Crippen LogP contribution in [0, 0.1) is 10.5 Å². The Morgan fingerprint density at radius 3 is 2.57 bits per heavy atom. The predicted octanol–water partition coefficient (Wildman–Crippen LogP) is 2.95. The number of H-pyrrole nitrogens is 1. The Kier molecular flexibility index (Phi) is 2.37. The molecular formula is C10H7FN2S. The number of rotatable bonds is 1. The van der Waals surface area contributed by atoms with Crippen molar-refractivity contribution >= 4 is 12.2 Å². The molecule has 2 nitrogen and oxygen atoms in total. The van der Waals surface area contributed by atoms with Crippen LogP contribution in [-0.2, 0) is 0 Å². The molecule has 0 atom stereocenters. The summed E-state index contributed by atoms with van der Waals surface area (Å²) in [5, 5.41) is 0. The highest BCUT2D eigenvalue weighted by Gasteiger charge is 1.99. The zero-order valence-corrected chi connectivity index (χ0v) is 8.01. The lowest BCUT2D eigenvalue weighted by molar-refractivity contribution is 0.617. The molecule has 0 aliphatic heterocycles. The van der Waals surface area contributed by atoms with E-state index in [1.54, 1.807) is 18.6 Å². The van der Waals surface area contributed by atoms with Crippen molar-refractivity contribution in [3.8, 4) is 11.1 Å². The van der Waals surface area contributed by atoms with Crippen molar-refractivity contribution in [1.29, 1.82) is 0 Å². The Bertz CT molecular complexity index is 493. The third kappa shape index (κ3) is 1.70. The van der Waals surface area contributed by atoms with Gasteiger partial charge < -0.3 is 4.98 Å². The highest BCUT2D eigenvalue weighted by atomic mass is 32.1. The Hall–Kier alpha value is -1.55. The summed E-state index contributed by atoms with van der Waals surface area (Å²) < 4.78 is 13.2. The summed E-state index contributed by atoms with van der Waals surface area (Å²) in [6, 6.07) is 5.03. The minimum absolute atomic E-state index is 0.128. The summed E-state index contributed by atoms with van der Waals surface area (Å²) in [5.74, 6) is -0.408. The van der Waals surface area contributed by atoms with Crippen LogP contribution in [0.4, 0.5) is 4.39 Å². The third-order valence-electron chi connectivity index (χ3n) is 1.87. The Morgan fingerprint density at radius 1 is 1.21 bits per heavy atom. The first-order valence-electron chi connectivity index (χ1n) is 4.06. The van der Waals surface area contributed by atoms with Crippen LogP contribution in [0.2, 0.25) is 0 Å². The fourth-order valence-electron chi connectivity index (χ4n) is 1.17. The molecule has 2 aromatic rings. The van der Waals surface area contributed by atoms with E-state index in [-0.39, 0.29) is 4.64 Å². The van der Waals surface area contributed by atoms with Gasteiger partial charge >= 0.3 is 0 Å². The highest BCUT2D eigenvalue weighted by Crippen LogP contribution is 2.17. The normalized spacial score (nSPS) is 10.1. The van der Waals surface area contributed by atoms with Crippen molar-refractivity contribution in [3.63, 3.8) is 0 Å². The number of pyridine rings is 2. The van der Waals surface area contributed by atoms with Crippen molar-refractivity contribution in [1.82, 2.24) is 9.97 Å². The van der Waals surface area contributed by atoms with Gasteiger partial charge in [-0.1, -0.05) is 12.2 Å². The lowest BCUT2D eigenvalue weighted by Gasteiger charge is -2.00. The quantitative estimate of drug-likeness (QED) is 0.727. The first-order valence-corrected chi connectivity index (χ1v) is 4.47. The van der Waals surface area contributed by atoms with Crippen LogP contribution in [0.5, 0.6) is 0 Å². The maximum Gasteiger partial charge on any atom is 0.158 e. The van der Waals surface area contributed by atoms with E-state index in [2.05, 4.69) is 9.97 Å². The second-order valence-electron chi connectivity index (χ2n) is 2.80. The van der Waals surface area contributed by atoms with Crippen LogP contribution in [0.3, 0.4) is 0 Å². The molecule has 0 spiro atoms. The summed E-state index contributed by atoms with van der Waals surface area (Å²) in [6.07, 6.45) is 5.00. The average Bonchev–Trinajstić information content (AvgIpc) is 2.23. The van der Waals surface area contributed by atoms with Gasteiger partial charge in [0, 0.05) is 24.2 Å². The van der Waals surface area contributed by atoms with Gasteiger partial charge in [0.1, 0.15) is 4.64 Å². The number of hydrogen-bond donors (Lipinski definition) is 1. The van der Waals surface area contributed by atoms with E-state index in [0.717, 1.165) is 11.1 Å². The number of hydrogen-bond acceptors (Lipinski definition) is 2. The molecular weight excluding hydrogens is 199 g/mol. The lowest BCUT2D eigenvalue weighted by Crippen LogP contribution is -1.85. The number of nitrogens with one attached hydrogen (secondary N) is 1. The van der Waals surface area contributed by atoms with Crippen LogP contribution >= 0.6 is 12.2 Å². The smallest absolute Gasteiger partial charge is 0.158 e. The van der Waals surface area contributed by atoms with Crippen molar-refractivity contribution in [3.05, 3.63) is 47.2 Å². The molecule has 0 bridgehead atoms. The van der Waals surface area contributed by atoms with Gasteiger partial charge in [-0.2, -0.15) is 0 Å². The van der Waals surface area contributed by atoms with Crippen LogP contribution in [0.25, 0.3) is 11.1 Å². The molecule has 0 radical (unpaired) electrons. The van der Waals surface area contributed by atoms with E-state index in [1.807, 2.05) is 12.1 Å². The van der Waals surface area contributed by atoms with Crippen molar-refractivity contribution in [2.75, 3.05) is 0 Å². The summed E-state index contributed by atoms with van der Waals surface area (Å²) in [6.45, 7) is 0. The lowest BCUT2D eigenvalue weighted by atomic mass is 10.1. The van der Waals surface area contributed by atoms with Crippen LogP contribution in [0.15, 0.2) is 36.8 Å². The number of nitrogens with zero attached hydrogens (tertiary/aromatic N) is 1. The van der Waals surface area contributed by atoms with Gasteiger partial charge in [-0.25, -0.2) is 4.39 Å². The molecule has 14 heavy (non-hydrogen) atoms. The SMILES string of the molecule is Fc1cc(-c2ccncc2)c[nH]c1=S. The number of aromatic nitrogens is 2. The van der Waals surface area contributed by atoms with E-state index in [9.17, 15) is 4.39 Å². The molecule has 0 saturated carbocycles. The van der Waals surface area contributed by atoms with Crippen molar-refractivity contribution < 1.29 is 4.39 Å². The van der Waals surface area contributed by atoms with E-state index >= 15 is 0 Å². The Morgan fingerprint density at radius 2 is 1.93 bits per heavy atom. The molecule has 0 aliphatic rings. The van der Waals surface area contributed by atoms with Gasteiger partial charge in [-0.3, -0.25) is 4.98 Å². The molecule has 0 aromatic carbocycles. The van der Waals surface area contributed by atoms with Crippen LogP contribution in [-0.4, -0.2) is 9.97 Å². The van der Waals surface area contributed by atoms with Gasteiger partial charge in [0.2, 0.25) is 0 Å². The first kappa shape index (κ1) is 9.02. The van der Waals surface area contributed by atoms with Crippen molar-refractivity contribution in [2.24, 2.45) is 0 Å². The number of halogens is 1. The van der Waals surface area contributed by atoms with Crippen LogP contribution < -0.4 is 0 Å². The summed E-state index contributed by atoms with van der Waals surface area (Å²) in [7, 11) is 0. The fourth-order valence-corrected chi connectivity index (χ4v) is 1.28. The molecule has 0 aliphatic carbocycles. The Labute approximate surface area is 85.5 Å². The summed E-state index contributed by atoms with van der Waals surface area (Å²) >= 11 is 4.72. The average molecular weight is 206 g/mol. The minimum Gasteiger partial charge on any atom is -0.350 e. The molecule has 2 aromatic heterocycles. The van der Waals surface area contributed by atoms with E-state index in [0.29, 0.717) is 0 Å². The zero-order chi connectivity index (χ0) is 9.97. The van der Waals surface area contributed by atoms with Gasteiger partial charge in [0.05, 0.1) is 0 Å². The summed E-state index contributed by atoms with van der Waals surface area (Å²) in [5.41, 5.74) is 1.67. The molecule has 2 rings (SSSR count). The van der Waals surface area contributed by atoms with E-state index in [1.165, 1.54) is 6.07 Å². The maximum absolute atomic E-state index is 13.1. The van der Waals surface area contributed by atoms with Crippen LogP contribution in [0.1, 0.15) is 0 Å². The topological polar surface area (TPSA) is 28.7 Å². The van der Waals surface area contributed by atoms with Gasteiger partial charge in [-0.05, 0) is 23.8 Å². The monoisotopic (exact) mass is 206 g/mol. The summed E-state index contributed by atoms with van der Waals surface area (Å²) in [4.78, 5) is 6.57. The molecule has 0 unspecified atom stereocenters. The van der Waals surface area contributed by atoms with Crippen molar-refractivity contribution in [2.45, 2.75) is 0 Å². The highest BCUT2D eigenvalue weighted by molar-refractivity contribution is 7.71. The number of aromatic amines is 1. The predicted molar refractivity (Wildman–Crippen MR) is 54.8 cm³/mol. The minimum atomic E-state index is -0.408. The first-order chi connectivity index (χ1) is 6.77. The second-order valence-corrected chi connectivity index (χ2v) is 3.21. The van der Waals surface area contributed by atoms with E-state index in [4.69, 9.17) is 12.2 Å². The molecule has 4 heteroatoms. The molecule has 0 amide bonds. The van der Waals surface area contributed by atoms with Gasteiger partial charge in [0.25, 0.3) is 0 Å². The molecule has 70 valence electrons. The second kappa shape index (κ2) is 3.67. The third-order valence-corrected chi connectivity index (χ3v) is 2.18. The van der Waals surface area contributed by atoms with Gasteiger partial charge in [0.15, 0.2) is 5.82 Å².